The van der Waals surface area contributed by atoms with Gasteiger partial charge < -0.3 is 14.6 Å². The van der Waals surface area contributed by atoms with Crippen LogP contribution in [0.2, 0.25) is 0 Å². The Hall–Kier alpha value is -1.81. The number of esters is 1. The van der Waals surface area contributed by atoms with Crippen molar-refractivity contribution in [3.8, 4) is 0 Å². The van der Waals surface area contributed by atoms with E-state index < -0.39 is 0 Å². The molecule has 0 atom stereocenters. The molecule has 1 aromatic carbocycles. The summed E-state index contributed by atoms with van der Waals surface area (Å²) in [6.07, 6.45) is 1.91. The van der Waals surface area contributed by atoms with Crippen LogP contribution in [0.4, 0.5) is 0 Å². The minimum atomic E-state index is -0.235. The van der Waals surface area contributed by atoms with Gasteiger partial charge in [0.25, 0.3) is 0 Å². The number of aromatic nitrogens is 1. The minimum absolute atomic E-state index is 0.235. The summed E-state index contributed by atoms with van der Waals surface area (Å²) in [6.45, 7) is 1.07. The third-order valence-electron chi connectivity index (χ3n) is 2.75. The zero-order chi connectivity index (χ0) is 12.3. The van der Waals surface area contributed by atoms with E-state index in [0.717, 1.165) is 17.4 Å². The Labute approximate surface area is 100 Å². The summed E-state index contributed by atoms with van der Waals surface area (Å²) in [5.74, 6) is -0.235. The van der Waals surface area contributed by atoms with Crippen LogP contribution in [0.1, 0.15) is 5.56 Å². The molecule has 90 valence electrons. The molecule has 0 bridgehead atoms. The average molecular weight is 232 g/mol. The van der Waals surface area contributed by atoms with Crippen molar-refractivity contribution in [3.05, 3.63) is 36.0 Å². The summed E-state index contributed by atoms with van der Waals surface area (Å²) in [6, 6.07) is 8.24. The third kappa shape index (κ3) is 2.47. The molecule has 0 aliphatic rings. The first-order chi connectivity index (χ1) is 8.24. The second-order valence-corrected chi connectivity index (χ2v) is 3.94. The second-order valence-electron chi connectivity index (χ2n) is 3.94. The van der Waals surface area contributed by atoms with Crippen molar-refractivity contribution >= 4 is 16.9 Å². The van der Waals surface area contributed by atoms with Gasteiger partial charge in [-0.3, -0.25) is 4.79 Å². The van der Waals surface area contributed by atoms with Gasteiger partial charge in [-0.25, -0.2) is 0 Å². The van der Waals surface area contributed by atoms with Crippen LogP contribution in [0, 0.1) is 0 Å². The van der Waals surface area contributed by atoms with E-state index in [-0.39, 0.29) is 12.5 Å². The zero-order valence-electron chi connectivity index (χ0n) is 10.1. The normalized spacial score (nSPS) is 10.7. The molecule has 0 unspecified atom stereocenters. The van der Waals surface area contributed by atoms with Crippen molar-refractivity contribution in [3.63, 3.8) is 0 Å². The quantitative estimate of drug-likeness (QED) is 0.813. The molecular formula is C13H16N2O2. The maximum absolute atomic E-state index is 11.3. The van der Waals surface area contributed by atoms with E-state index in [1.54, 1.807) is 0 Å². The standard InChI is InChI=1S/C13H16N2O2/c1-14-8-10-3-4-11-5-6-15(12(11)7-10)9-13(16)17-2/h3-7,14H,8-9H2,1-2H3. The molecule has 0 aliphatic carbocycles. The Balaban J connectivity index is 2.36. The topological polar surface area (TPSA) is 43.3 Å². The predicted octanol–water partition coefficient (Wildman–Crippen LogP) is 1.53. The molecule has 0 amide bonds. The molecule has 4 nitrogen and oxygen atoms in total. The largest absolute Gasteiger partial charge is 0.468 e. The number of ether oxygens (including phenoxy) is 1. The van der Waals surface area contributed by atoms with Gasteiger partial charge in [0.1, 0.15) is 6.54 Å². The number of rotatable bonds is 4. The molecule has 1 heterocycles. The van der Waals surface area contributed by atoms with E-state index in [4.69, 9.17) is 0 Å². The van der Waals surface area contributed by atoms with E-state index in [1.165, 1.54) is 12.7 Å². The maximum atomic E-state index is 11.3. The molecule has 0 saturated heterocycles. The minimum Gasteiger partial charge on any atom is -0.468 e. The number of carbonyl (C=O) groups excluding carboxylic acids is 1. The van der Waals surface area contributed by atoms with E-state index >= 15 is 0 Å². The smallest absolute Gasteiger partial charge is 0.325 e. The van der Waals surface area contributed by atoms with E-state index in [9.17, 15) is 4.79 Å². The average Bonchev–Trinajstić information content (AvgIpc) is 2.72. The van der Waals surface area contributed by atoms with Gasteiger partial charge in [0.05, 0.1) is 7.11 Å². The van der Waals surface area contributed by atoms with Gasteiger partial charge in [0.15, 0.2) is 0 Å². The second kappa shape index (κ2) is 5.01. The van der Waals surface area contributed by atoms with Crippen molar-refractivity contribution in [1.29, 1.82) is 0 Å². The molecule has 0 aliphatic heterocycles. The Kier molecular flexibility index (Phi) is 3.44. The summed E-state index contributed by atoms with van der Waals surface area (Å²) in [5, 5.41) is 4.24. The molecule has 0 radical (unpaired) electrons. The third-order valence-corrected chi connectivity index (χ3v) is 2.75. The van der Waals surface area contributed by atoms with Crippen molar-refractivity contribution in [2.75, 3.05) is 14.2 Å². The van der Waals surface area contributed by atoms with Gasteiger partial charge in [-0.15, -0.1) is 0 Å². The number of benzene rings is 1. The highest BCUT2D eigenvalue weighted by Crippen LogP contribution is 2.17. The number of nitrogens with zero attached hydrogens (tertiary/aromatic N) is 1. The SMILES string of the molecule is CNCc1ccc2ccn(CC(=O)OC)c2c1. The lowest BCUT2D eigenvalue weighted by atomic mass is 10.1. The first kappa shape index (κ1) is 11.7. The van der Waals surface area contributed by atoms with Gasteiger partial charge >= 0.3 is 5.97 Å². The summed E-state index contributed by atoms with van der Waals surface area (Å²) >= 11 is 0. The van der Waals surface area contributed by atoms with Crippen molar-refractivity contribution in [2.24, 2.45) is 0 Å². The van der Waals surface area contributed by atoms with Gasteiger partial charge in [-0.2, -0.15) is 0 Å². The number of methoxy groups -OCH3 is 1. The van der Waals surface area contributed by atoms with Crippen molar-refractivity contribution in [1.82, 2.24) is 9.88 Å². The highest BCUT2D eigenvalue weighted by Gasteiger charge is 2.06. The number of hydrogen-bond acceptors (Lipinski definition) is 3. The molecule has 2 aromatic rings. The van der Waals surface area contributed by atoms with E-state index in [1.807, 2.05) is 23.9 Å². The van der Waals surface area contributed by atoms with Gasteiger partial charge in [0, 0.05) is 18.3 Å². The van der Waals surface area contributed by atoms with Crippen LogP contribution in [0.5, 0.6) is 0 Å². The van der Waals surface area contributed by atoms with Crippen LogP contribution < -0.4 is 5.32 Å². The van der Waals surface area contributed by atoms with Crippen LogP contribution in [0.3, 0.4) is 0 Å². The van der Waals surface area contributed by atoms with Crippen LogP contribution in [0.15, 0.2) is 30.5 Å². The van der Waals surface area contributed by atoms with Gasteiger partial charge in [0.2, 0.25) is 0 Å². The maximum Gasteiger partial charge on any atom is 0.325 e. The molecule has 1 aromatic heterocycles. The molecule has 2 rings (SSSR count). The van der Waals surface area contributed by atoms with E-state index in [0.29, 0.717) is 0 Å². The monoisotopic (exact) mass is 232 g/mol. The molecule has 0 spiro atoms. The number of carbonyl (C=O) groups is 1. The van der Waals surface area contributed by atoms with Crippen LogP contribution >= 0.6 is 0 Å². The summed E-state index contributed by atoms with van der Waals surface area (Å²) in [7, 11) is 3.32. The molecule has 1 N–H and O–H groups in total. The van der Waals surface area contributed by atoms with Gasteiger partial charge in [-0.1, -0.05) is 12.1 Å². The molecule has 0 fully saturated rings. The predicted molar refractivity (Wildman–Crippen MR) is 66.7 cm³/mol. The lowest BCUT2D eigenvalue weighted by Gasteiger charge is -2.05. The zero-order valence-corrected chi connectivity index (χ0v) is 10.1. The fraction of sp³-hybridized carbons (Fsp3) is 0.308. The summed E-state index contributed by atoms with van der Waals surface area (Å²) in [5.41, 5.74) is 2.26. The lowest BCUT2D eigenvalue weighted by molar-refractivity contribution is -0.141. The Morgan fingerprint density at radius 1 is 1.41 bits per heavy atom. The van der Waals surface area contributed by atoms with Crippen molar-refractivity contribution < 1.29 is 9.53 Å². The number of nitrogens with one attached hydrogen (secondary N) is 1. The lowest BCUT2D eigenvalue weighted by Crippen LogP contribution is -2.10. The molecule has 17 heavy (non-hydrogen) atoms. The Morgan fingerprint density at radius 3 is 2.94 bits per heavy atom. The first-order valence-electron chi connectivity index (χ1n) is 5.54. The summed E-state index contributed by atoms with van der Waals surface area (Å²) < 4.78 is 6.58. The fourth-order valence-corrected chi connectivity index (χ4v) is 1.89. The Bertz CT molecular complexity index is 531. The number of fused-ring (bicyclic) bond motifs is 1. The number of hydrogen-bond donors (Lipinski definition) is 1. The molecular weight excluding hydrogens is 216 g/mol. The Morgan fingerprint density at radius 2 is 2.24 bits per heavy atom. The summed E-state index contributed by atoms with van der Waals surface area (Å²) in [4.78, 5) is 11.3. The van der Waals surface area contributed by atoms with Crippen LogP contribution in [-0.2, 0) is 22.6 Å². The molecule has 0 saturated carbocycles. The van der Waals surface area contributed by atoms with E-state index in [2.05, 4.69) is 28.3 Å². The highest BCUT2D eigenvalue weighted by molar-refractivity contribution is 5.82. The molecule has 4 heteroatoms. The fourth-order valence-electron chi connectivity index (χ4n) is 1.89. The van der Waals surface area contributed by atoms with Crippen LogP contribution in [-0.4, -0.2) is 24.7 Å². The van der Waals surface area contributed by atoms with Crippen LogP contribution in [0.25, 0.3) is 10.9 Å². The first-order valence-corrected chi connectivity index (χ1v) is 5.54. The highest BCUT2D eigenvalue weighted by atomic mass is 16.5. The van der Waals surface area contributed by atoms with Crippen molar-refractivity contribution in [2.45, 2.75) is 13.1 Å². The van der Waals surface area contributed by atoms with Gasteiger partial charge in [-0.05, 0) is 30.1 Å².